The lowest BCUT2D eigenvalue weighted by Gasteiger charge is -2.17. The average molecular weight is 249 g/mol. The van der Waals surface area contributed by atoms with E-state index in [1.165, 1.54) is 9.80 Å². The monoisotopic (exact) mass is 249 g/mol. The first-order chi connectivity index (χ1) is 7.81. The molecule has 1 aliphatic rings. The van der Waals surface area contributed by atoms with Crippen molar-refractivity contribution in [3.8, 4) is 0 Å². The molecular formula is C7H11N3O7. The summed E-state index contributed by atoms with van der Waals surface area (Å²) in [6.45, 7) is 0.109. The molecule has 1 rings (SSSR count). The van der Waals surface area contributed by atoms with Crippen LogP contribution in [-0.4, -0.2) is 62.0 Å². The van der Waals surface area contributed by atoms with Crippen molar-refractivity contribution in [2.75, 3.05) is 19.8 Å². The van der Waals surface area contributed by atoms with Crippen molar-refractivity contribution in [1.29, 1.82) is 0 Å². The lowest BCUT2D eigenvalue weighted by Crippen LogP contribution is -2.32. The van der Waals surface area contributed by atoms with Crippen molar-refractivity contribution in [1.82, 2.24) is 9.80 Å². The molecule has 0 saturated carbocycles. The second-order valence-corrected chi connectivity index (χ2v) is 2.96. The maximum Gasteiger partial charge on any atom is 0.323 e. The molecule has 17 heavy (non-hydrogen) atoms. The number of carboxylic acids is 2. The van der Waals surface area contributed by atoms with Crippen molar-refractivity contribution in [3.63, 3.8) is 0 Å². The molecule has 0 radical (unpaired) electrons. The Labute approximate surface area is 95.1 Å². The van der Waals surface area contributed by atoms with Gasteiger partial charge in [-0.3, -0.25) is 9.59 Å². The van der Waals surface area contributed by atoms with Gasteiger partial charge in [-0.05, 0) is 0 Å². The van der Waals surface area contributed by atoms with Crippen LogP contribution in [0.5, 0.6) is 0 Å². The fourth-order valence-corrected chi connectivity index (χ4v) is 1.07. The van der Waals surface area contributed by atoms with Crippen LogP contribution in [0.3, 0.4) is 0 Å². The third kappa shape index (κ3) is 8.47. The number of carbonyl (C=O) groups is 2. The van der Waals surface area contributed by atoms with Crippen molar-refractivity contribution >= 4 is 11.9 Å². The Balaban J connectivity index is 0.000000557. The molecule has 0 amide bonds. The Morgan fingerprint density at radius 3 is 1.71 bits per heavy atom. The van der Waals surface area contributed by atoms with Crippen LogP contribution in [0, 0.1) is 10.1 Å². The van der Waals surface area contributed by atoms with E-state index in [1.54, 1.807) is 12.4 Å². The maximum absolute atomic E-state index is 10.3. The quantitative estimate of drug-likeness (QED) is 0.415. The van der Waals surface area contributed by atoms with Crippen LogP contribution in [0.15, 0.2) is 12.4 Å². The standard InChI is InChI=1S/C7H10N2O4.HNO3/c10-6(11)3-8-1-2-9(5-8)4-7(12)13;2-1(3)4/h1-2H,3-5H2,(H,10,11)(H,12,13);(H,2,3,4). The zero-order valence-corrected chi connectivity index (χ0v) is 8.59. The number of carboxylic acid groups (broad SMARTS) is 2. The summed E-state index contributed by atoms with van der Waals surface area (Å²) >= 11 is 0. The van der Waals surface area contributed by atoms with E-state index in [4.69, 9.17) is 25.5 Å². The summed E-state index contributed by atoms with van der Waals surface area (Å²) in [6, 6.07) is 0. The lowest BCUT2D eigenvalue weighted by atomic mass is 10.6. The first kappa shape index (κ1) is 14.5. The molecule has 3 N–H and O–H groups in total. The van der Waals surface area contributed by atoms with E-state index in [-0.39, 0.29) is 13.1 Å². The van der Waals surface area contributed by atoms with E-state index in [0.717, 1.165) is 0 Å². The van der Waals surface area contributed by atoms with Gasteiger partial charge in [0, 0.05) is 12.4 Å². The van der Waals surface area contributed by atoms with Crippen LogP contribution in [-0.2, 0) is 9.59 Å². The van der Waals surface area contributed by atoms with Gasteiger partial charge in [0.25, 0.3) is 5.09 Å². The molecule has 0 fully saturated rings. The van der Waals surface area contributed by atoms with Gasteiger partial charge in [0.2, 0.25) is 0 Å². The van der Waals surface area contributed by atoms with Crippen molar-refractivity contribution in [2.24, 2.45) is 0 Å². The van der Waals surface area contributed by atoms with E-state index >= 15 is 0 Å². The molecule has 10 nitrogen and oxygen atoms in total. The predicted octanol–water partition coefficient (Wildman–Crippen LogP) is -1.15. The van der Waals surface area contributed by atoms with Crippen LogP contribution >= 0.6 is 0 Å². The van der Waals surface area contributed by atoms with Crippen LogP contribution < -0.4 is 0 Å². The van der Waals surface area contributed by atoms with Crippen LogP contribution in [0.2, 0.25) is 0 Å². The Bertz CT molecular complexity index is 301. The molecule has 0 bridgehead atoms. The molecule has 0 saturated heterocycles. The summed E-state index contributed by atoms with van der Waals surface area (Å²) in [6.07, 6.45) is 3.13. The molecule has 0 spiro atoms. The van der Waals surface area contributed by atoms with E-state index in [1.807, 2.05) is 0 Å². The summed E-state index contributed by atoms with van der Waals surface area (Å²) in [5, 5.41) is 30.5. The molecule has 1 aliphatic heterocycles. The normalized spacial score (nSPS) is 12.9. The van der Waals surface area contributed by atoms with Gasteiger partial charge < -0.3 is 25.2 Å². The highest BCUT2D eigenvalue weighted by molar-refractivity contribution is 5.70. The summed E-state index contributed by atoms with van der Waals surface area (Å²) in [7, 11) is 0. The molecule has 0 aliphatic carbocycles. The van der Waals surface area contributed by atoms with Gasteiger partial charge in [-0.1, -0.05) is 0 Å². The maximum atomic E-state index is 10.3. The molecule has 10 heteroatoms. The van der Waals surface area contributed by atoms with Gasteiger partial charge in [0.15, 0.2) is 0 Å². The Morgan fingerprint density at radius 2 is 1.47 bits per heavy atom. The van der Waals surface area contributed by atoms with Gasteiger partial charge in [0.05, 0.1) is 6.67 Å². The highest BCUT2D eigenvalue weighted by Crippen LogP contribution is 2.04. The second-order valence-electron chi connectivity index (χ2n) is 2.96. The molecule has 0 unspecified atom stereocenters. The summed E-state index contributed by atoms with van der Waals surface area (Å²) in [5.41, 5.74) is 0. The third-order valence-electron chi connectivity index (χ3n) is 1.53. The topological polar surface area (TPSA) is 144 Å². The first-order valence-corrected chi connectivity index (χ1v) is 4.24. The summed E-state index contributed by atoms with van der Waals surface area (Å²) < 4.78 is 0. The van der Waals surface area contributed by atoms with E-state index in [9.17, 15) is 9.59 Å². The average Bonchev–Trinajstić information content (AvgIpc) is 2.48. The molecule has 0 atom stereocenters. The highest BCUT2D eigenvalue weighted by atomic mass is 16.9. The van der Waals surface area contributed by atoms with Crippen molar-refractivity contribution < 1.29 is 30.1 Å². The fraction of sp³-hybridized carbons (Fsp3) is 0.429. The van der Waals surface area contributed by atoms with Gasteiger partial charge in [0.1, 0.15) is 13.1 Å². The lowest BCUT2D eigenvalue weighted by molar-refractivity contribution is -0.742. The SMILES string of the molecule is O=C(O)CN1C=CN(CC(=O)O)C1.O=[N+]([O-])O. The van der Waals surface area contributed by atoms with Crippen LogP contribution in [0.4, 0.5) is 0 Å². The van der Waals surface area contributed by atoms with Crippen molar-refractivity contribution in [3.05, 3.63) is 22.5 Å². The third-order valence-corrected chi connectivity index (χ3v) is 1.53. The molecule has 0 aromatic rings. The Morgan fingerprint density at radius 1 is 1.18 bits per heavy atom. The number of rotatable bonds is 4. The smallest absolute Gasteiger partial charge is 0.323 e. The minimum atomic E-state index is -1.50. The van der Waals surface area contributed by atoms with E-state index < -0.39 is 17.0 Å². The number of hydrogen-bond acceptors (Lipinski definition) is 6. The minimum absolute atomic E-state index is 0.105. The zero-order valence-electron chi connectivity index (χ0n) is 8.59. The van der Waals surface area contributed by atoms with Gasteiger partial charge >= 0.3 is 11.9 Å². The Hall–Kier alpha value is -2.52. The molecule has 0 aromatic heterocycles. The molecule has 1 heterocycles. The summed E-state index contributed by atoms with van der Waals surface area (Å²) in [5.74, 6) is -1.86. The molecule has 96 valence electrons. The van der Waals surface area contributed by atoms with E-state index in [2.05, 4.69) is 0 Å². The second kappa shape index (κ2) is 6.87. The number of nitrogens with zero attached hydrogens (tertiary/aromatic N) is 3. The Kier molecular flexibility index (Phi) is 5.85. The minimum Gasteiger partial charge on any atom is -0.480 e. The summed E-state index contributed by atoms with van der Waals surface area (Å²) in [4.78, 5) is 31.9. The van der Waals surface area contributed by atoms with Gasteiger partial charge in [-0.15, -0.1) is 10.1 Å². The zero-order chi connectivity index (χ0) is 13.4. The first-order valence-electron chi connectivity index (χ1n) is 4.24. The number of aliphatic carboxylic acids is 2. The largest absolute Gasteiger partial charge is 0.480 e. The van der Waals surface area contributed by atoms with Gasteiger partial charge in [-0.2, -0.15) is 0 Å². The fourth-order valence-electron chi connectivity index (χ4n) is 1.07. The van der Waals surface area contributed by atoms with Gasteiger partial charge in [-0.25, -0.2) is 0 Å². The van der Waals surface area contributed by atoms with E-state index in [0.29, 0.717) is 6.67 Å². The predicted molar refractivity (Wildman–Crippen MR) is 51.5 cm³/mol. The van der Waals surface area contributed by atoms with Crippen molar-refractivity contribution in [2.45, 2.75) is 0 Å². The molecular weight excluding hydrogens is 238 g/mol. The number of hydrogen-bond donors (Lipinski definition) is 3. The highest BCUT2D eigenvalue weighted by Gasteiger charge is 2.15. The van der Waals surface area contributed by atoms with Crippen LogP contribution in [0.25, 0.3) is 0 Å². The van der Waals surface area contributed by atoms with Crippen LogP contribution in [0.1, 0.15) is 0 Å². The molecule has 0 aromatic carbocycles.